The molecule has 47 heavy (non-hydrogen) atoms. The number of phenolic OH excluding ortho intramolecular Hbond substituents is 1. The highest BCUT2D eigenvalue weighted by atomic mass is 32.1. The van der Waals surface area contributed by atoms with E-state index >= 15 is 0 Å². The lowest BCUT2D eigenvalue weighted by atomic mass is 9.97. The number of hydrogen-bond donors (Lipinski definition) is 1. The van der Waals surface area contributed by atoms with Gasteiger partial charge in [0.15, 0.2) is 0 Å². The van der Waals surface area contributed by atoms with Crippen LogP contribution in [0.2, 0.25) is 0 Å². The molecule has 9 heteroatoms. The molecule has 0 aliphatic carbocycles. The van der Waals surface area contributed by atoms with Crippen LogP contribution in [0.1, 0.15) is 50.3 Å². The average molecular weight is 659 g/mol. The number of hydrogen-bond acceptors (Lipinski definition) is 9. The molecule has 2 aliphatic rings. The third-order valence-corrected chi connectivity index (χ3v) is 10.1. The highest BCUT2D eigenvalue weighted by Crippen LogP contribution is 2.42. The number of carbonyl (C=O) groups is 1. The van der Waals surface area contributed by atoms with Gasteiger partial charge in [-0.2, -0.15) is 0 Å². The van der Waals surface area contributed by atoms with Gasteiger partial charge in [0.05, 0.1) is 20.3 Å². The van der Waals surface area contributed by atoms with E-state index in [-0.39, 0.29) is 17.8 Å². The van der Waals surface area contributed by atoms with Crippen molar-refractivity contribution in [1.82, 2.24) is 9.80 Å². The second kappa shape index (κ2) is 14.6. The first-order valence-electron chi connectivity index (χ1n) is 16.6. The summed E-state index contributed by atoms with van der Waals surface area (Å²) in [5.74, 6) is 1.82. The summed E-state index contributed by atoms with van der Waals surface area (Å²) in [5, 5.41) is 11.4. The lowest BCUT2D eigenvalue weighted by Crippen LogP contribution is -2.42. The molecule has 1 atom stereocenters. The van der Waals surface area contributed by atoms with Crippen LogP contribution in [0.4, 0.5) is 0 Å². The van der Waals surface area contributed by atoms with Crippen molar-refractivity contribution in [2.24, 2.45) is 0 Å². The number of phenols is 1. The molecule has 1 unspecified atom stereocenters. The van der Waals surface area contributed by atoms with Gasteiger partial charge >= 0.3 is 5.97 Å². The fourth-order valence-corrected chi connectivity index (χ4v) is 7.75. The maximum atomic E-state index is 12.7. The van der Waals surface area contributed by atoms with Gasteiger partial charge < -0.3 is 24.1 Å². The van der Waals surface area contributed by atoms with Crippen LogP contribution in [-0.4, -0.2) is 85.6 Å². The number of methoxy groups -OCH3 is 1. The molecular weight excluding hydrogens is 612 g/mol. The van der Waals surface area contributed by atoms with E-state index in [2.05, 4.69) is 40.1 Å². The van der Waals surface area contributed by atoms with Gasteiger partial charge in [0.2, 0.25) is 0 Å². The van der Waals surface area contributed by atoms with E-state index in [1.807, 2.05) is 45.0 Å². The number of benzene rings is 3. The number of fused-ring (bicyclic) bond motifs is 1. The number of thiophene rings is 1. The quantitative estimate of drug-likeness (QED) is 0.175. The van der Waals surface area contributed by atoms with E-state index in [1.54, 1.807) is 24.5 Å². The number of rotatable bonds is 11. The minimum atomic E-state index is -0.487. The first-order valence-corrected chi connectivity index (χ1v) is 17.4. The molecule has 2 aliphatic heterocycles. The zero-order chi connectivity index (χ0) is 33.0. The number of aromatic hydroxyl groups is 1. The predicted octanol–water partition coefficient (Wildman–Crippen LogP) is 6.89. The van der Waals surface area contributed by atoms with Gasteiger partial charge in [-0.05, 0) is 117 Å². The smallest absolute Gasteiger partial charge is 0.323 e. The van der Waals surface area contributed by atoms with Gasteiger partial charge in [0, 0.05) is 41.3 Å². The lowest BCUT2D eigenvalue weighted by Gasteiger charge is -2.27. The molecule has 2 saturated heterocycles. The van der Waals surface area contributed by atoms with Gasteiger partial charge in [-0.1, -0.05) is 12.1 Å². The molecule has 1 aromatic heterocycles. The van der Waals surface area contributed by atoms with Crippen molar-refractivity contribution in [1.29, 1.82) is 0 Å². The molecule has 8 nitrogen and oxygen atoms in total. The summed E-state index contributed by atoms with van der Waals surface area (Å²) in [6, 6.07) is 20.2. The zero-order valence-electron chi connectivity index (χ0n) is 27.9. The number of carbonyl (C=O) groups excluding carboxylic acids is 1. The van der Waals surface area contributed by atoms with Crippen LogP contribution in [0.5, 0.6) is 17.2 Å². The molecule has 0 bridgehead atoms. The molecule has 1 N–H and O–H groups in total. The van der Waals surface area contributed by atoms with Crippen LogP contribution >= 0.6 is 11.3 Å². The number of morpholine rings is 1. The van der Waals surface area contributed by atoms with E-state index in [4.69, 9.17) is 18.9 Å². The topological polar surface area (TPSA) is 80.7 Å². The summed E-state index contributed by atoms with van der Waals surface area (Å²) in [7, 11) is 1.74. The zero-order valence-corrected chi connectivity index (χ0v) is 28.7. The summed E-state index contributed by atoms with van der Waals surface area (Å²) in [6.45, 7) is 12.0. The van der Waals surface area contributed by atoms with E-state index in [9.17, 15) is 9.90 Å². The second-order valence-electron chi connectivity index (χ2n) is 13.4. The van der Waals surface area contributed by atoms with Gasteiger partial charge in [-0.15, -0.1) is 11.3 Å². The SMILES string of the molecule is COc1cc(Cc2c(-c3ccc(OCCN4CCCC4C(=O)OC(C)(C)C)cc3)sc3cc(O)ccc23)ccc1CN1CCOCC1. The van der Waals surface area contributed by atoms with Crippen LogP contribution in [0.3, 0.4) is 0 Å². The van der Waals surface area contributed by atoms with Crippen LogP contribution < -0.4 is 9.47 Å². The van der Waals surface area contributed by atoms with Gasteiger partial charge in [0.25, 0.3) is 0 Å². The Balaban J connectivity index is 1.16. The number of esters is 1. The third kappa shape index (κ3) is 8.27. The van der Waals surface area contributed by atoms with E-state index in [1.165, 1.54) is 21.6 Å². The maximum absolute atomic E-state index is 12.7. The Morgan fingerprint density at radius 3 is 2.55 bits per heavy atom. The number of nitrogens with zero attached hydrogens (tertiary/aromatic N) is 2. The van der Waals surface area contributed by atoms with Crippen molar-refractivity contribution in [2.45, 2.75) is 58.2 Å². The molecule has 6 rings (SSSR count). The molecule has 0 spiro atoms. The molecule has 0 amide bonds. The summed E-state index contributed by atoms with van der Waals surface area (Å²) in [4.78, 5) is 18.4. The minimum absolute atomic E-state index is 0.144. The van der Waals surface area contributed by atoms with Crippen LogP contribution in [0.15, 0.2) is 60.7 Å². The second-order valence-corrected chi connectivity index (χ2v) is 14.5. The van der Waals surface area contributed by atoms with Crippen molar-refractivity contribution >= 4 is 27.4 Å². The van der Waals surface area contributed by atoms with E-state index in [0.717, 1.165) is 85.8 Å². The van der Waals surface area contributed by atoms with E-state index < -0.39 is 5.60 Å². The van der Waals surface area contributed by atoms with Gasteiger partial charge in [-0.25, -0.2) is 0 Å². The Hall–Kier alpha value is -3.63. The molecule has 0 radical (unpaired) electrons. The Labute approximate surface area is 281 Å². The predicted molar refractivity (Wildman–Crippen MR) is 187 cm³/mol. The molecule has 250 valence electrons. The summed E-state index contributed by atoms with van der Waals surface area (Å²) in [5.41, 5.74) is 4.20. The van der Waals surface area contributed by atoms with Crippen LogP contribution in [0, 0.1) is 0 Å². The molecule has 4 aromatic rings. The fraction of sp³-hybridized carbons (Fsp3) is 0.447. The first-order chi connectivity index (χ1) is 22.7. The van der Waals surface area contributed by atoms with Crippen molar-refractivity contribution in [3.63, 3.8) is 0 Å². The highest BCUT2D eigenvalue weighted by Gasteiger charge is 2.33. The van der Waals surface area contributed by atoms with Crippen LogP contribution in [-0.2, 0) is 27.2 Å². The number of likely N-dealkylation sites (tertiary alicyclic amines) is 1. The Morgan fingerprint density at radius 2 is 1.81 bits per heavy atom. The van der Waals surface area contributed by atoms with Crippen molar-refractivity contribution in [3.8, 4) is 27.7 Å². The normalized spacial score (nSPS) is 17.7. The van der Waals surface area contributed by atoms with Gasteiger partial charge in [-0.3, -0.25) is 14.6 Å². The Kier molecular flexibility index (Phi) is 10.4. The van der Waals surface area contributed by atoms with Gasteiger partial charge in [0.1, 0.15) is 35.5 Å². The van der Waals surface area contributed by atoms with Crippen molar-refractivity contribution in [3.05, 3.63) is 77.4 Å². The monoisotopic (exact) mass is 658 g/mol. The summed E-state index contributed by atoms with van der Waals surface area (Å²) in [6.07, 6.45) is 2.55. The lowest BCUT2D eigenvalue weighted by molar-refractivity contribution is -0.160. The maximum Gasteiger partial charge on any atom is 0.323 e. The molecule has 3 heterocycles. The Bertz CT molecular complexity index is 1670. The molecule has 2 fully saturated rings. The number of ether oxygens (including phenoxy) is 4. The average Bonchev–Trinajstić information content (AvgIpc) is 3.66. The largest absolute Gasteiger partial charge is 0.508 e. The van der Waals surface area contributed by atoms with Crippen LogP contribution in [0.25, 0.3) is 20.5 Å². The summed E-state index contributed by atoms with van der Waals surface area (Å²) >= 11 is 1.69. The third-order valence-electron chi connectivity index (χ3n) is 8.81. The molecule has 0 saturated carbocycles. The Morgan fingerprint density at radius 1 is 1.02 bits per heavy atom. The standard InChI is InChI=1S/C38H46N2O6S/c1-38(2,3)46-37(42)33-6-5-15-40(33)18-21-45-30-12-9-27(10-13-30)36-32(31-14-11-29(41)24-35(31)47-36)22-26-7-8-28(34(23-26)43-4)25-39-16-19-44-20-17-39/h7-14,23-24,33,41H,5-6,15-22,25H2,1-4H3. The van der Waals surface area contributed by atoms with Crippen molar-refractivity contribution in [2.75, 3.05) is 53.1 Å². The minimum Gasteiger partial charge on any atom is -0.508 e. The summed E-state index contributed by atoms with van der Waals surface area (Å²) < 4.78 is 24.2. The van der Waals surface area contributed by atoms with E-state index in [0.29, 0.717) is 13.2 Å². The highest BCUT2D eigenvalue weighted by molar-refractivity contribution is 7.22. The first kappa shape index (κ1) is 33.3. The molecule has 3 aromatic carbocycles. The fourth-order valence-electron chi connectivity index (χ4n) is 6.49. The van der Waals surface area contributed by atoms with Crippen molar-refractivity contribution < 1.29 is 28.8 Å². The molecular formula is C38H46N2O6S.